The van der Waals surface area contributed by atoms with E-state index < -0.39 is 11.5 Å². The van der Waals surface area contributed by atoms with E-state index in [1.807, 2.05) is 13.8 Å². The molecule has 2 aromatic carbocycles. The Balaban J connectivity index is 1.98. The number of rotatable bonds is 5. The van der Waals surface area contributed by atoms with Crippen molar-refractivity contribution in [3.63, 3.8) is 0 Å². The van der Waals surface area contributed by atoms with E-state index in [0.29, 0.717) is 22.4 Å². The normalized spacial score (nSPS) is 10.8. The largest absolute Gasteiger partial charge is 0.491 e. The molecule has 3 rings (SSSR count). The number of anilines is 1. The van der Waals surface area contributed by atoms with Gasteiger partial charge < -0.3 is 14.5 Å². The highest BCUT2D eigenvalue weighted by molar-refractivity contribution is 6.12. The van der Waals surface area contributed by atoms with Crippen molar-refractivity contribution < 1.29 is 18.7 Å². The average Bonchev–Trinajstić information content (AvgIpc) is 2.60. The van der Waals surface area contributed by atoms with Crippen molar-refractivity contribution in [1.29, 1.82) is 0 Å². The zero-order chi connectivity index (χ0) is 19.6. The Morgan fingerprint density at radius 3 is 2.56 bits per heavy atom. The SMILES string of the molecule is CC(=O)c1cccc(NC(=O)c2cc(=O)oc3cc(OC(C)C)ccc23)c1. The van der Waals surface area contributed by atoms with Crippen LogP contribution in [0.3, 0.4) is 0 Å². The number of ketones is 1. The number of carbonyl (C=O) groups is 2. The summed E-state index contributed by atoms with van der Waals surface area (Å²) < 4.78 is 10.8. The summed E-state index contributed by atoms with van der Waals surface area (Å²) in [6, 6.07) is 12.7. The molecule has 1 amide bonds. The molecule has 0 aliphatic carbocycles. The molecule has 0 radical (unpaired) electrons. The van der Waals surface area contributed by atoms with Crippen LogP contribution < -0.4 is 15.7 Å². The van der Waals surface area contributed by atoms with Crippen LogP contribution in [0.15, 0.2) is 57.7 Å². The van der Waals surface area contributed by atoms with Crippen LogP contribution in [0.2, 0.25) is 0 Å². The van der Waals surface area contributed by atoms with Gasteiger partial charge in [-0.2, -0.15) is 0 Å². The lowest BCUT2D eigenvalue weighted by Gasteiger charge is -2.11. The van der Waals surface area contributed by atoms with Gasteiger partial charge in [0.1, 0.15) is 11.3 Å². The molecule has 0 atom stereocenters. The van der Waals surface area contributed by atoms with E-state index in [1.165, 1.54) is 6.92 Å². The van der Waals surface area contributed by atoms with Crippen molar-refractivity contribution in [3.8, 4) is 5.75 Å². The first kappa shape index (κ1) is 18.4. The fourth-order valence-electron chi connectivity index (χ4n) is 2.69. The van der Waals surface area contributed by atoms with Crippen LogP contribution in [-0.4, -0.2) is 17.8 Å². The van der Waals surface area contributed by atoms with E-state index in [4.69, 9.17) is 9.15 Å². The predicted molar refractivity (Wildman–Crippen MR) is 103 cm³/mol. The van der Waals surface area contributed by atoms with Crippen molar-refractivity contribution in [2.24, 2.45) is 0 Å². The van der Waals surface area contributed by atoms with Gasteiger partial charge in [-0.15, -0.1) is 0 Å². The van der Waals surface area contributed by atoms with E-state index in [1.54, 1.807) is 42.5 Å². The molecule has 0 bridgehead atoms. The summed E-state index contributed by atoms with van der Waals surface area (Å²) in [5.41, 5.74) is 0.773. The average molecular weight is 365 g/mol. The van der Waals surface area contributed by atoms with Crippen molar-refractivity contribution in [3.05, 3.63) is 70.1 Å². The Hall–Kier alpha value is -3.41. The molecule has 0 fully saturated rings. The number of ether oxygens (including phenoxy) is 1. The van der Waals surface area contributed by atoms with E-state index in [0.717, 1.165) is 6.07 Å². The third kappa shape index (κ3) is 4.23. The molecule has 1 heterocycles. The third-order valence-corrected chi connectivity index (χ3v) is 3.86. The van der Waals surface area contributed by atoms with E-state index >= 15 is 0 Å². The van der Waals surface area contributed by atoms with Crippen LogP contribution in [0.4, 0.5) is 5.69 Å². The number of amides is 1. The van der Waals surface area contributed by atoms with Crippen LogP contribution in [-0.2, 0) is 0 Å². The van der Waals surface area contributed by atoms with Crippen LogP contribution in [0.25, 0.3) is 11.0 Å². The monoisotopic (exact) mass is 365 g/mol. The first-order valence-electron chi connectivity index (χ1n) is 8.50. The summed E-state index contributed by atoms with van der Waals surface area (Å²) in [6.45, 7) is 5.23. The maximum Gasteiger partial charge on any atom is 0.337 e. The summed E-state index contributed by atoms with van der Waals surface area (Å²) in [4.78, 5) is 36.1. The van der Waals surface area contributed by atoms with Gasteiger partial charge in [0.15, 0.2) is 5.78 Å². The Kier molecular flexibility index (Phi) is 5.07. The number of hydrogen-bond acceptors (Lipinski definition) is 5. The molecule has 0 saturated carbocycles. The van der Waals surface area contributed by atoms with Crippen LogP contribution in [0.1, 0.15) is 41.5 Å². The van der Waals surface area contributed by atoms with E-state index in [9.17, 15) is 14.4 Å². The highest BCUT2D eigenvalue weighted by atomic mass is 16.5. The molecule has 3 aromatic rings. The number of Topliss-reactive ketones (excluding diaryl/α,β-unsaturated/α-hetero) is 1. The molecule has 0 spiro atoms. The highest BCUT2D eigenvalue weighted by Gasteiger charge is 2.15. The molecule has 6 nitrogen and oxygen atoms in total. The number of nitrogens with one attached hydrogen (secondary N) is 1. The van der Waals surface area contributed by atoms with Gasteiger partial charge in [-0.25, -0.2) is 4.79 Å². The second-order valence-electron chi connectivity index (χ2n) is 6.39. The summed E-state index contributed by atoms with van der Waals surface area (Å²) in [5.74, 6) is -0.0203. The number of hydrogen-bond donors (Lipinski definition) is 1. The number of benzene rings is 2. The Morgan fingerprint density at radius 1 is 1.07 bits per heavy atom. The molecule has 0 aliphatic rings. The molecule has 1 aromatic heterocycles. The lowest BCUT2D eigenvalue weighted by molar-refractivity contribution is 0.101. The minimum atomic E-state index is -0.633. The second kappa shape index (κ2) is 7.45. The minimum Gasteiger partial charge on any atom is -0.491 e. The molecular formula is C21H19NO5. The van der Waals surface area contributed by atoms with Crippen LogP contribution >= 0.6 is 0 Å². The van der Waals surface area contributed by atoms with Crippen molar-refractivity contribution in [2.75, 3.05) is 5.32 Å². The van der Waals surface area contributed by atoms with Gasteiger partial charge in [0, 0.05) is 28.8 Å². The number of fused-ring (bicyclic) bond motifs is 1. The summed E-state index contributed by atoms with van der Waals surface area (Å²) in [5, 5.41) is 3.21. The highest BCUT2D eigenvalue weighted by Crippen LogP contribution is 2.24. The Labute approximate surface area is 155 Å². The van der Waals surface area contributed by atoms with Crippen molar-refractivity contribution in [2.45, 2.75) is 26.9 Å². The topological polar surface area (TPSA) is 85.6 Å². The van der Waals surface area contributed by atoms with Crippen LogP contribution in [0.5, 0.6) is 5.75 Å². The molecule has 1 N–H and O–H groups in total. The lowest BCUT2D eigenvalue weighted by atomic mass is 10.1. The molecule has 0 saturated heterocycles. The fraction of sp³-hybridized carbons (Fsp3) is 0.190. The molecule has 138 valence electrons. The molecular weight excluding hydrogens is 346 g/mol. The summed E-state index contributed by atoms with van der Waals surface area (Å²) in [6.07, 6.45) is -0.0331. The maximum absolute atomic E-state index is 12.7. The first-order valence-corrected chi connectivity index (χ1v) is 8.50. The van der Waals surface area contributed by atoms with Gasteiger partial charge in [-0.05, 0) is 45.0 Å². The summed E-state index contributed by atoms with van der Waals surface area (Å²) >= 11 is 0. The third-order valence-electron chi connectivity index (χ3n) is 3.86. The Morgan fingerprint density at radius 2 is 1.85 bits per heavy atom. The lowest BCUT2D eigenvalue weighted by Crippen LogP contribution is -2.15. The van der Waals surface area contributed by atoms with Gasteiger partial charge in [-0.1, -0.05) is 12.1 Å². The zero-order valence-corrected chi connectivity index (χ0v) is 15.2. The van der Waals surface area contributed by atoms with Gasteiger partial charge in [0.05, 0.1) is 11.7 Å². The Bertz CT molecular complexity index is 1080. The minimum absolute atomic E-state index is 0.0331. The first-order chi connectivity index (χ1) is 12.8. The summed E-state index contributed by atoms with van der Waals surface area (Å²) in [7, 11) is 0. The predicted octanol–water partition coefficient (Wildman–Crippen LogP) is 4.04. The quantitative estimate of drug-likeness (QED) is 0.545. The van der Waals surface area contributed by atoms with Crippen molar-refractivity contribution in [1.82, 2.24) is 0 Å². The smallest absolute Gasteiger partial charge is 0.337 e. The maximum atomic E-state index is 12.7. The van der Waals surface area contributed by atoms with Gasteiger partial charge in [0.2, 0.25) is 0 Å². The van der Waals surface area contributed by atoms with Crippen LogP contribution in [0, 0.1) is 0 Å². The standard InChI is InChI=1S/C21H19NO5/c1-12(2)26-16-7-8-17-18(11-20(24)27-19(17)10-16)21(25)22-15-6-4-5-14(9-15)13(3)23/h4-12H,1-3H3,(H,22,25). The fourth-order valence-corrected chi connectivity index (χ4v) is 2.69. The van der Waals surface area contributed by atoms with E-state index in [2.05, 4.69) is 5.32 Å². The van der Waals surface area contributed by atoms with Gasteiger partial charge >= 0.3 is 5.63 Å². The van der Waals surface area contributed by atoms with Gasteiger partial charge in [-0.3, -0.25) is 9.59 Å². The van der Waals surface area contributed by atoms with Crippen molar-refractivity contribution >= 4 is 28.3 Å². The molecule has 0 unspecified atom stereocenters. The van der Waals surface area contributed by atoms with E-state index in [-0.39, 0.29) is 23.0 Å². The molecule has 0 aliphatic heterocycles. The zero-order valence-electron chi connectivity index (χ0n) is 15.2. The molecule has 6 heteroatoms. The molecule has 27 heavy (non-hydrogen) atoms. The second-order valence-corrected chi connectivity index (χ2v) is 6.39. The van der Waals surface area contributed by atoms with Gasteiger partial charge in [0.25, 0.3) is 5.91 Å². The number of carbonyl (C=O) groups excluding carboxylic acids is 2.